The molecule has 0 aliphatic carbocycles. The first-order valence-electron chi connectivity index (χ1n) is 10.1. The van der Waals surface area contributed by atoms with Crippen LogP contribution in [0.4, 0.5) is 0 Å². The van der Waals surface area contributed by atoms with E-state index < -0.39 is 6.04 Å². The molecule has 1 atom stereocenters. The first kappa shape index (κ1) is 24.6. The second-order valence-corrected chi connectivity index (χ2v) is 8.85. The lowest BCUT2D eigenvalue weighted by Gasteiger charge is -2.31. The van der Waals surface area contributed by atoms with Gasteiger partial charge in [-0.05, 0) is 61.4 Å². The van der Waals surface area contributed by atoms with Gasteiger partial charge in [-0.3, -0.25) is 9.59 Å². The third-order valence-corrected chi connectivity index (χ3v) is 6.37. The second kappa shape index (κ2) is 12.9. The summed E-state index contributed by atoms with van der Waals surface area (Å²) in [7, 11) is 0. The minimum atomic E-state index is -0.516. The maximum Gasteiger partial charge on any atom is 0.242 e. The summed E-state index contributed by atoms with van der Waals surface area (Å²) in [6.45, 7) is 4.64. The molecule has 0 unspecified atom stereocenters. The van der Waals surface area contributed by atoms with Crippen LogP contribution in [0.25, 0.3) is 0 Å². The van der Waals surface area contributed by atoms with Gasteiger partial charge in [0.05, 0.1) is 0 Å². The Morgan fingerprint density at radius 1 is 1.07 bits per heavy atom. The van der Waals surface area contributed by atoms with Gasteiger partial charge in [-0.1, -0.05) is 48.3 Å². The van der Waals surface area contributed by atoms with E-state index in [0.29, 0.717) is 36.0 Å². The number of benzene rings is 2. The molecule has 2 aromatic carbocycles. The Labute approximate surface area is 193 Å². The van der Waals surface area contributed by atoms with Crippen molar-refractivity contribution in [3.05, 3.63) is 64.1 Å². The molecule has 0 fully saturated rings. The van der Waals surface area contributed by atoms with E-state index in [1.54, 1.807) is 22.7 Å². The van der Waals surface area contributed by atoms with E-state index in [0.717, 1.165) is 22.6 Å². The summed E-state index contributed by atoms with van der Waals surface area (Å²) in [5.41, 5.74) is 0.839. The molecular weight excluding hydrogens is 439 g/mol. The van der Waals surface area contributed by atoms with E-state index in [1.807, 2.05) is 56.3 Å². The van der Waals surface area contributed by atoms with Crippen LogP contribution in [-0.2, 0) is 16.1 Å². The molecule has 0 aliphatic rings. The van der Waals surface area contributed by atoms with E-state index in [4.69, 9.17) is 23.2 Å². The van der Waals surface area contributed by atoms with Crippen molar-refractivity contribution in [2.45, 2.75) is 50.6 Å². The van der Waals surface area contributed by atoms with Crippen molar-refractivity contribution in [3.63, 3.8) is 0 Å². The number of carbonyl (C=O) groups is 2. The molecule has 2 rings (SSSR count). The Kier molecular flexibility index (Phi) is 10.6. The van der Waals surface area contributed by atoms with E-state index in [2.05, 4.69) is 5.32 Å². The Hall–Kier alpha value is -1.69. The fourth-order valence-electron chi connectivity index (χ4n) is 3.11. The molecule has 0 radical (unpaired) electrons. The first-order valence-corrected chi connectivity index (χ1v) is 11.9. The van der Waals surface area contributed by atoms with Gasteiger partial charge in [0, 0.05) is 34.5 Å². The topological polar surface area (TPSA) is 49.4 Å². The van der Waals surface area contributed by atoms with Crippen molar-refractivity contribution in [2.24, 2.45) is 0 Å². The molecule has 0 aliphatic heterocycles. The van der Waals surface area contributed by atoms with Gasteiger partial charge in [0.1, 0.15) is 6.04 Å². The fourth-order valence-corrected chi connectivity index (χ4v) is 4.28. The molecule has 0 saturated heterocycles. The van der Waals surface area contributed by atoms with Gasteiger partial charge < -0.3 is 10.2 Å². The summed E-state index contributed by atoms with van der Waals surface area (Å²) in [5.74, 6) is 0.645. The number of rotatable bonds is 11. The van der Waals surface area contributed by atoms with Crippen LogP contribution in [0.15, 0.2) is 53.4 Å². The molecule has 1 N–H and O–H groups in total. The van der Waals surface area contributed by atoms with Crippen LogP contribution in [0, 0.1) is 0 Å². The lowest BCUT2D eigenvalue weighted by molar-refractivity contribution is -0.141. The summed E-state index contributed by atoms with van der Waals surface area (Å²) in [6, 6.07) is 14.6. The van der Waals surface area contributed by atoms with Crippen molar-refractivity contribution in [1.82, 2.24) is 10.2 Å². The van der Waals surface area contributed by atoms with Crippen LogP contribution < -0.4 is 5.32 Å². The lowest BCUT2D eigenvalue weighted by Crippen LogP contribution is -2.49. The van der Waals surface area contributed by atoms with Gasteiger partial charge in [0.15, 0.2) is 0 Å². The number of thioether (sulfide) groups is 1. The van der Waals surface area contributed by atoms with E-state index >= 15 is 0 Å². The maximum atomic E-state index is 13.1. The predicted octanol–water partition coefficient (Wildman–Crippen LogP) is 5.81. The molecule has 2 aromatic rings. The molecule has 4 nitrogen and oxygen atoms in total. The van der Waals surface area contributed by atoms with Gasteiger partial charge in [-0.2, -0.15) is 0 Å². The van der Waals surface area contributed by atoms with Crippen LogP contribution >= 0.6 is 35.0 Å². The molecule has 0 spiro atoms. The smallest absolute Gasteiger partial charge is 0.242 e. The number of nitrogens with zero attached hydrogens (tertiary/aromatic N) is 1. The zero-order valence-electron chi connectivity index (χ0n) is 17.4. The maximum absolute atomic E-state index is 13.1. The predicted molar refractivity (Wildman–Crippen MR) is 126 cm³/mol. The number of hydrogen-bond donors (Lipinski definition) is 1. The average molecular weight is 467 g/mol. The summed E-state index contributed by atoms with van der Waals surface area (Å²) in [5, 5.41) is 4.15. The van der Waals surface area contributed by atoms with Crippen molar-refractivity contribution in [3.8, 4) is 0 Å². The SMILES string of the molecule is CCNC(=O)[C@@H](CC)N(Cc1ccccc1Cl)C(=O)CCCSc1ccc(Cl)cc1. The van der Waals surface area contributed by atoms with Crippen molar-refractivity contribution >= 4 is 46.8 Å². The van der Waals surface area contributed by atoms with Gasteiger partial charge in [-0.25, -0.2) is 0 Å². The van der Waals surface area contributed by atoms with Crippen LogP contribution in [-0.4, -0.2) is 35.1 Å². The summed E-state index contributed by atoms with van der Waals surface area (Å²) in [4.78, 5) is 28.5. The highest BCUT2D eigenvalue weighted by Crippen LogP contribution is 2.23. The second-order valence-electron chi connectivity index (χ2n) is 6.84. The Morgan fingerprint density at radius 2 is 1.77 bits per heavy atom. The third-order valence-electron chi connectivity index (χ3n) is 4.65. The number of hydrogen-bond acceptors (Lipinski definition) is 3. The molecule has 2 amide bonds. The van der Waals surface area contributed by atoms with E-state index in [9.17, 15) is 9.59 Å². The molecule has 0 heterocycles. The highest BCUT2D eigenvalue weighted by molar-refractivity contribution is 7.99. The van der Waals surface area contributed by atoms with E-state index in [-0.39, 0.29) is 11.8 Å². The summed E-state index contributed by atoms with van der Waals surface area (Å²) in [6.07, 6.45) is 1.64. The average Bonchev–Trinajstić information content (AvgIpc) is 2.73. The lowest BCUT2D eigenvalue weighted by atomic mass is 10.1. The zero-order chi connectivity index (χ0) is 21.9. The number of halogens is 2. The third kappa shape index (κ3) is 7.53. The molecule has 0 bridgehead atoms. The highest BCUT2D eigenvalue weighted by Gasteiger charge is 2.28. The van der Waals surface area contributed by atoms with Crippen LogP contribution in [0.2, 0.25) is 10.0 Å². The highest BCUT2D eigenvalue weighted by atomic mass is 35.5. The monoisotopic (exact) mass is 466 g/mol. The van der Waals surface area contributed by atoms with Crippen molar-refractivity contribution < 1.29 is 9.59 Å². The number of nitrogens with one attached hydrogen (secondary N) is 1. The van der Waals surface area contributed by atoms with E-state index in [1.165, 1.54) is 0 Å². The van der Waals surface area contributed by atoms with Crippen LogP contribution in [0.3, 0.4) is 0 Å². The fraction of sp³-hybridized carbons (Fsp3) is 0.391. The van der Waals surface area contributed by atoms with Crippen LogP contribution in [0.5, 0.6) is 0 Å². The Balaban J connectivity index is 2.04. The minimum Gasteiger partial charge on any atom is -0.355 e. The van der Waals surface area contributed by atoms with Gasteiger partial charge in [0.25, 0.3) is 0 Å². The van der Waals surface area contributed by atoms with Gasteiger partial charge in [-0.15, -0.1) is 11.8 Å². The molecule has 0 aromatic heterocycles. The summed E-state index contributed by atoms with van der Waals surface area (Å²) < 4.78 is 0. The Morgan fingerprint density at radius 3 is 2.40 bits per heavy atom. The van der Waals surface area contributed by atoms with Gasteiger partial charge >= 0.3 is 0 Å². The first-order chi connectivity index (χ1) is 14.5. The molecule has 0 saturated carbocycles. The molecule has 7 heteroatoms. The minimum absolute atomic E-state index is 0.0373. The van der Waals surface area contributed by atoms with Crippen molar-refractivity contribution in [2.75, 3.05) is 12.3 Å². The zero-order valence-corrected chi connectivity index (χ0v) is 19.7. The summed E-state index contributed by atoms with van der Waals surface area (Å²) >= 11 is 13.9. The normalized spacial score (nSPS) is 11.7. The largest absolute Gasteiger partial charge is 0.355 e. The number of amides is 2. The van der Waals surface area contributed by atoms with Gasteiger partial charge in [0.2, 0.25) is 11.8 Å². The molecule has 162 valence electrons. The Bertz CT molecular complexity index is 830. The molecular formula is C23H28Cl2N2O2S. The standard InChI is InChI=1S/C23H28Cl2N2O2S/c1-3-21(23(29)26-4-2)27(16-17-8-5-6-9-20(17)25)22(28)10-7-15-30-19-13-11-18(24)12-14-19/h5-6,8-9,11-14,21H,3-4,7,10,15-16H2,1-2H3,(H,26,29)/t21-/m1/s1. The van der Waals surface area contributed by atoms with Crippen LogP contribution in [0.1, 0.15) is 38.7 Å². The number of carbonyl (C=O) groups excluding carboxylic acids is 2. The molecule has 30 heavy (non-hydrogen) atoms. The number of likely N-dealkylation sites (N-methyl/N-ethyl adjacent to an activating group) is 1. The quantitative estimate of drug-likeness (QED) is 0.335. The van der Waals surface area contributed by atoms with Crippen molar-refractivity contribution in [1.29, 1.82) is 0 Å².